The van der Waals surface area contributed by atoms with Crippen LogP contribution in [0.2, 0.25) is 0 Å². The topological polar surface area (TPSA) is 62.7 Å². The van der Waals surface area contributed by atoms with E-state index in [1.165, 1.54) is 4.31 Å². The summed E-state index contributed by atoms with van der Waals surface area (Å²) >= 11 is 0. The molecule has 4 rings (SSSR count). The van der Waals surface area contributed by atoms with Gasteiger partial charge in [0.05, 0.1) is 23.6 Å². The van der Waals surface area contributed by atoms with Crippen molar-refractivity contribution in [3.63, 3.8) is 0 Å². The van der Waals surface area contributed by atoms with Gasteiger partial charge in [0.2, 0.25) is 10.0 Å². The molecule has 1 aliphatic rings. The van der Waals surface area contributed by atoms with E-state index in [9.17, 15) is 8.42 Å². The Bertz CT molecular complexity index is 1110. The third kappa shape index (κ3) is 3.99. The van der Waals surface area contributed by atoms with Gasteiger partial charge in [-0.1, -0.05) is 18.2 Å². The van der Waals surface area contributed by atoms with Gasteiger partial charge in [0.25, 0.3) is 0 Å². The van der Waals surface area contributed by atoms with Crippen molar-refractivity contribution >= 4 is 26.6 Å². The molecule has 1 saturated heterocycles. The van der Waals surface area contributed by atoms with E-state index in [1.54, 1.807) is 25.4 Å². The number of hydrogen-bond acceptors (Lipinski definition) is 5. The van der Waals surface area contributed by atoms with Gasteiger partial charge in [0, 0.05) is 44.0 Å². The molecule has 0 N–H and O–H groups in total. The Morgan fingerprint density at radius 1 is 1.07 bits per heavy atom. The third-order valence-corrected chi connectivity index (χ3v) is 7.20. The monoisotopic (exact) mass is 411 g/mol. The van der Waals surface area contributed by atoms with Crippen LogP contribution in [0.5, 0.6) is 0 Å². The van der Waals surface area contributed by atoms with E-state index in [-0.39, 0.29) is 0 Å². The van der Waals surface area contributed by atoms with E-state index in [0.29, 0.717) is 16.8 Å². The zero-order valence-electron chi connectivity index (χ0n) is 16.7. The Morgan fingerprint density at radius 2 is 1.79 bits per heavy atom. The number of sulfonamides is 1. The van der Waals surface area contributed by atoms with Gasteiger partial charge in [-0.3, -0.25) is 4.98 Å². The van der Waals surface area contributed by atoms with Crippen molar-refractivity contribution in [2.45, 2.75) is 18.4 Å². The van der Waals surface area contributed by atoms with Crippen molar-refractivity contribution in [3.8, 4) is 0 Å². The largest absolute Gasteiger partial charge is 0.378 e. The molecule has 0 radical (unpaired) electrons. The lowest BCUT2D eigenvalue weighted by molar-refractivity contribution is 0.122. The second-order valence-electron chi connectivity index (χ2n) is 7.31. The summed E-state index contributed by atoms with van der Waals surface area (Å²) in [5, 5.41) is 0.655. The van der Waals surface area contributed by atoms with Crippen LogP contribution < -0.4 is 4.90 Å². The van der Waals surface area contributed by atoms with Gasteiger partial charge < -0.3 is 9.64 Å². The zero-order chi connectivity index (χ0) is 20.4. The number of benzene rings is 2. The fourth-order valence-corrected chi connectivity index (χ4v) is 4.99. The third-order valence-electron chi connectivity index (χ3n) is 5.34. The summed E-state index contributed by atoms with van der Waals surface area (Å²) in [5.41, 5.74) is 3.76. The van der Waals surface area contributed by atoms with Crippen LogP contribution in [0, 0.1) is 6.92 Å². The first-order valence-electron chi connectivity index (χ1n) is 9.69. The average Bonchev–Trinajstić information content (AvgIpc) is 2.75. The number of rotatable bonds is 5. The predicted molar refractivity (Wildman–Crippen MR) is 115 cm³/mol. The van der Waals surface area contributed by atoms with Crippen LogP contribution in [-0.4, -0.2) is 51.1 Å². The van der Waals surface area contributed by atoms with E-state index in [0.717, 1.165) is 48.6 Å². The van der Waals surface area contributed by atoms with Crippen molar-refractivity contribution < 1.29 is 13.2 Å². The van der Waals surface area contributed by atoms with Crippen LogP contribution in [0.4, 0.5) is 5.69 Å². The van der Waals surface area contributed by atoms with Gasteiger partial charge in [-0.15, -0.1) is 0 Å². The smallest absolute Gasteiger partial charge is 0.243 e. The lowest BCUT2D eigenvalue weighted by Gasteiger charge is -2.29. The van der Waals surface area contributed by atoms with Crippen molar-refractivity contribution in [3.05, 3.63) is 65.9 Å². The van der Waals surface area contributed by atoms with Crippen molar-refractivity contribution in [2.24, 2.45) is 0 Å². The highest BCUT2D eigenvalue weighted by molar-refractivity contribution is 7.89. The maximum atomic E-state index is 13.3. The fourth-order valence-electron chi connectivity index (χ4n) is 3.66. The molecule has 2 heterocycles. The van der Waals surface area contributed by atoms with Crippen LogP contribution in [0.25, 0.3) is 10.9 Å². The predicted octanol–water partition coefficient (Wildman–Crippen LogP) is 3.20. The van der Waals surface area contributed by atoms with Gasteiger partial charge in [-0.2, -0.15) is 4.31 Å². The SMILES string of the molecule is Cc1ccc(S(=O)(=O)N(C)Cc2ccc(N3CCOCC3)cc2)c2cccnc12. The molecule has 0 aliphatic carbocycles. The van der Waals surface area contributed by atoms with E-state index in [1.807, 2.05) is 43.3 Å². The number of hydrogen-bond donors (Lipinski definition) is 0. The molecule has 0 atom stereocenters. The number of fused-ring (bicyclic) bond motifs is 1. The quantitative estimate of drug-likeness (QED) is 0.645. The second-order valence-corrected chi connectivity index (χ2v) is 9.32. The van der Waals surface area contributed by atoms with Crippen LogP contribution in [0.3, 0.4) is 0 Å². The highest BCUT2D eigenvalue weighted by Gasteiger charge is 2.24. The second kappa shape index (κ2) is 8.10. The fraction of sp³-hybridized carbons (Fsp3) is 0.318. The summed E-state index contributed by atoms with van der Waals surface area (Å²) in [6.07, 6.45) is 1.69. The molecular weight excluding hydrogens is 386 g/mol. The molecule has 0 bridgehead atoms. The van der Waals surface area contributed by atoms with Gasteiger partial charge in [0.15, 0.2) is 0 Å². The van der Waals surface area contributed by atoms with Crippen molar-refractivity contribution in [1.29, 1.82) is 0 Å². The Hall–Kier alpha value is -2.48. The Morgan fingerprint density at radius 3 is 2.52 bits per heavy atom. The Labute approximate surface area is 171 Å². The number of nitrogens with zero attached hydrogens (tertiary/aromatic N) is 3. The maximum Gasteiger partial charge on any atom is 0.243 e. The van der Waals surface area contributed by atoms with Crippen LogP contribution >= 0.6 is 0 Å². The molecule has 0 saturated carbocycles. The van der Waals surface area contributed by atoms with Crippen LogP contribution in [0.1, 0.15) is 11.1 Å². The van der Waals surface area contributed by atoms with E-state index in [4.69, 9.17) is 4.74 Å². The first-order valence-corrected chi connectivity index (χ1v) is 11.1. The first-order chi connectivity index (χ1) is 14.0. The molecule has 6 nitrogen and oxygen atoms in total. The van der Waals surface area contributed by atoms with E-state index in [2.05, 4.69) is 9.88 Å². The highest BCUT2D eigenvalue weighted by Crippen LogP contribution is 2.27. The summed E-state index contributed by atoms with van der Waals surface area (Å²) in [5.74, 6) is 0. The standard InChI is InChI=1S/C22H25N3O3S/c1-17-5-10-21(20-4-3-11-23-22(17)20)29(26,27)24(2)16-18-6-8-19(9-7-18)25-12-14-28-15-13-25/h3-11H,12-16H2,1-2H3. The molecule has 0 amide bonds. The summed E-state index contributed by atoms with van der Waals surface area (Å²) < 4.78 is 33.3. The van der Waals surface area contributed by atoms with Gasteiger partial charge in [-0.05, 0) is 48.4 Å². The lowest BCUT2D eigenvalue weighted by Crippen LogP contribution is -2.36. The molecule has 1 aromatic heterocycles. The number of aromatic nitrogens is 1. The molecule has 2 aromatic carbocycles. The molecule has 29 heavy (non-hydrogen) atoms. The molecule has 1 aliphatic heterocycles. The Kier molecular flexibility index (Phi) is 5.54. The molecule has 0 spiro atoms. The number of anilines is 1. The summed E-state index contributed by atoms with van der Waals surface area (Å²) in [4.78, 5) is 6.92. The molecule has 7 heteroatoms. The van der Waals surface area contributed by atoms with Crippen molar-refractivity contribution in [1.82, 2.24) is 9.29 Å². The minimum atomic E-state index is -3.64. The highest BCUT2D eigenvalue weighted by atomic mass is 32.2. The number of aryl methyl sites for hydroxylation is 1. The molecular formula is C22H25N3O3S. The molecule has 1 fully saturated rings. The summed E-state index contributed by atoms with van der Waals surface area (Å²) in [6.45, 7) is 5.47. The minimum Gasteiger partial charge on any atom is -0.378 e. The average molecular weight is 412 g/mol. The number of pyridine rings is 1. The first kappa shape index (κ1) is 19.8. The molecule has 3 aromatic rings. The maximum absolute atomic E-state index is 13.3. The molecule has 0 unspecified atom stereocenters. The number of ether oxygens (including phenoxy) is 1. The lowest BCUT2D eigenvalue weighted by atomic mass is 10.1. The summed E-state index contributed by atoms with van der Waals surface area (Å²) in [7, 11) is -2.03. The summed E-state index contributed by atoms with van der Waals surface area (Å²) in [6, 6.07) is 15.1. The number of morpholine rings is 1. The normalized spacial score (nSPS) is 15.2. The molecule has 152 valence electrons. The van der Waals surface area contributed by atoms with Gasteiger partial charge in [0.1, 0.15) is 0 Å². The zero-order valence-corrected chi connectivity index (χ0v) is 17.5. The van der Waals surface area contributed by atoms with Gasteiger partial charge in [-0.25, -0.2) is 8.42 Å². The minimum absolute atomic E-state index is 0.290. The van der Waals surface area contributed by atoms with Crippen molar-refractivity contribution in [2.75, 3.05) is 38.3 Å². The van der Waals surface area contributed by atoms with Crippen LogP contribution in [0.15, 0.2) is 59.6 Å². The Balaban J connectivity index is 1.56. The van der Waals surface area contributed by atoms with E-state index >= 15 is 0 Å². The van der Waals surface area contributed by atoms with E-state index < -0.39 is 10.0 Å². The van der Waals surface area contributed by atoms with Gasteiger partial charge >= 0.3 is 0 Å². The van der Waals surface area contributed by atoms with Crippen LogP contribution in [-0.2, 0) is 21.3 Å².